The van der Waals surface area contributed by atoms with Crippen LogP contribution in [0, 0.1) is 0 Å². The van der Waals surface area contributed by atoms with Gasteiger partial charge >= 0.3 is 13.1 Å². The first kappa shape index (κ1) is 18.9. The lowest BCUT2D eigenvalue weighted by Crippen LogP contribution is -2.41. The minimum atomic E-state index is -0.427. The van der Waals surface area contributed by atoms with E-state index in [2.05, 4.69) is 24.9 Å². The van der Waals surface area contributed by atoms with Gasteiger partial charge in [-0.1, -0.05) is 26.0 Å². The molecule has 0 unspecified atom stereocenters. The highest BCUT2D eigenvalue weighted by atomic mass is 16.7. The summed E-state index contributed by atoms with van der Waals surface area (Å²) in [5, 5.41) is 1.000. The van der Waals surface area contributed by atoms with Crippen molar-refractivity contribution in [3.8, 4) is 0 Å². The summed E-state index contributed by atoms with van der Waals surface area (Å²) in [6.07, 6.45) is 0. The number of fused-ring (bicyclic) bond motifs is 1. The third-order valence-corrected chi connectivity index (χ3v) is 5.41. The molecule has 1 aliphatic heterocycles. The van der Waals surface area contributed by atoms with E-state index >= 15 is 0 Å². The summed E-state index contributed by atoms with van der Waals surface area (Å²) in [4.78, 5) is 16.4. The van der Waals surface area contributed by atoms with Gasteiger partial charge in [0.1, 0.15) is 5.69 Å². The molecule has 2 aromatic rings. The van der Waals surface area contributed by atoms with Crippen LogP contribution in [-0.2, 0) is 14.0 Å². The number of rotatable bonds is 3. The Labute approximate surface area is 155 Å². The molecule has 0 saturated carbocycles. The highest BCUT2D eigenvalue weighted by Gasteiger charge is 2.51. The summed E-state index contributed by atoms with van der Waals surface area (Å²) in [5.41, 5.74) is 2.31. The maximum atomic E-state index is 11.9. The lowest BCUT2D eigenvalue weighted by atomic mass is 9.78. The van der Waals surface area contributed by atoms with Gasteiger partial charge in [-0.3, -0.25) is 0 Å². The van der Waals surface area contributed by atoms with Gasteiger partial charge in [0.2, 0.25) is 0 Å². The summed E-state index contributed by atoms with van der Waals surface area (Å²) in [5.74, 6) is -0.193. The van der Waals surface area contributed by atoms with Crippen LogP contribution >= 0.6 is 0 Å². The number of benzene rings is 1. The molecule has 138 valence electrons. The highest BCUT2D eigenvalue weighted by molar-refractivity contribution is 6.62. The number of hydrogen-bond acceptors (Lipinski definition) is 5. The average Bonchev–Trinajstić information content (AvgIpc) is 2.80. The highest BCUT2D eigenvalue weighted by Crippen LogP contribution is 2.36. The molecule has 26 heavy (non-hydrogen) atoms. The van der Waals surface area contributed by atoms with Gasteiger partial charge in [0.15, 0.2) is 0 Å². The zero-order chi connectivity index (χ0) is 19.3. The number of hydrogen-bond donors (Lipinski definition) is 0. The Bertz CT molecular complexity index is 844. The van der Waals surface area contributed by atoms with Crippen molar-refractivity contribution in [2.75, 3.05) is 7.11 Å². The van der Waals surface area contributed by atoms with Crippen LogP contribution < -0.4 is 5.46 Å². The first-order chi connectivity index (χ1) is 12.1. The average molecular weight is 355 g/mol. The molecule has 1 saturated heterocycles. The monoisotopic (exact) mass is 355 g/mol. The molecular weight excluding hydrogens is 329 g/mol. The van der Waals surface area contributed by atoms with E-state index in [0.717, 1.165) is 21.9 Å². The molecule has 0 aliphatic carbocycles. The Morgan fingerprint density at radius 2 is 1.73 bits per heavy atom. The standard InChI is InChI=1S/C20H26BNO4/c1-12(2)14-11-17(18(23)24-7)22-16-9-8-13(10-15(14)16)21-25-19(3,4)20(5,6)26-21/h8-12H,1-7H3. The lowest BCUT2D eigenvalue weighted by molar-refractivity contribution is 0.00578. The third-order valence-electron chi connectivity index (χ3n) is 5.41. The Kier molecular flexibility index (Phi) is 4.61. The van der Waals surface area contributed by atoms with E-state index in [1.165, 1.54) is 7.11 Å². The molecule has 5 nitrogen and oxygen atoms in total. The number of methoxy groups -OCH3 is 1. The van der Waals surface area contributed by atoms with E-state index < -0.39 is 13.1 Å². The van der Waals surface area contributed by atoms with Gasteiger partial charge in [-0.2, -0.15) is 0 Å². The molecule has 1 fully saturated rings. The van der Waals surface area contributed by atoms with Gasteiger partial charge in [0.05, 0.1) is 23.8 Å². The van der Waals surface area contributed by atoms with Crippen molar-refractivity contribution < 1.29 is 18.8 Å². The van der Waals surface area contributed by atoms with Crippen LogP contribution in [0.15, 0.2) is 24.3 Å². The zero-order valence-electron chi connectivity index (χ0n) is 16.5. The Morgan fingerprint density at radius 3 is 2.27 bits per heavy atom. The molecule has 0 spiro atoms. The second-order valence-electron chi connectivity index (χ2n) is 8.11. The Hall–Kier alpha value is -1.92. The molecule has 1 aromatic heterocycles. The van der Waals surface area contributed by atoms with Crippen LogP contribution in [0.3, 0.4) is 0 Å². The largest absolute Gasteiger partial charge is 0.494 e. The predicted molar refractivity (Wildman–Crippen MR) is 103 cm³/mol. The maximum absolute atomic E-state index is 11.9. The van der Waals surface area contributed by atoms with Crippen LogP contribution in [0.25, 0.3) is 10.9 Å². The normalized spacial score (nSPS) is 18.5. The fraction of sp³-hybridized carbons (Fsp3) is 0.500. The molecule has 1 aromatic carbocycles. The van der Waals surface area contributed by atoms with Crippen LogP contribution in [-0.4, -0.2) is 36.4 Å². The summed E-state index contributed by atoms with van der Waals surface area (Å²) < 4.78 is 17.2. The van der Waals surface area contributed by atoms with E-state index in [4.69, 9.17) is 14.0 Å². The van der Waals surface area contributed by atoms with Crippen molar-refractivity contribution in [3.63, 3.8) is 0 Å². The Balaban J connectivity index is 2.09. The minimum absolute atomic E-state index is 0.234. The number of carbonyl (C=O) groups is 1. The van der Waals surface area contributed by atoms with Crippen LogP contribution in [0.1, 0.15) is 63.5 Å². The molecular formula is C20H26BNO4. The molecule has 0 radical (unpaired) electrons. The van der Waals surface area contributed by atoms with E-state index in [1.807, 2.05) is 45.9 Å². The van der Waals surface area contributed by atoms with Crippen molar-refractivity contribution in [1.29, 1.82) is 0 Å². The molecule has 6 heteroatoms. The van der Waals surface area contributed by atoms with Crippen LogP contribution in [0.2, 0.25) is 0 Å². The van der Waals surface area contributed by atoms with Crippen molar-refractivity contribution in [2.24, 2.45) is 0 Å². The maximum Gasteiger partial charge on any atom is 0.494 e. The summed E-state index contributed by atoms with van der Waals surface area (Å²) in [6.45, 7) is 12.3. The number of esters is 1. The first-order valence-electron chi connectivity index (χ1n) is 8.94. The number of carbonyl (C=O) groups excluding carboxylic acids is 1. The van der Waals surface area contributed by atoms with Crippen LogP contribution in [0.4, 0.5) is 0 Å². The van der Waals surface area contributed by atoms with Gasteiger partial charge in [-0.25, -0.2) is 9.78 Å². The molecule has 2 heterocycles. The third kappa shape index (κ3) is 3.12. The second-order valence-corrected chi connectivity index (χ2v) is 8.11. The number of ether oxygens (including phenoxy) is 1. The quantitative estimate of drug-likeness (QED) is 0.624. The van der Waals surface area contributed by atoms with E-state index in [9.17, 15) is 4.79 Å². The summed E-state index contributed by atoms with van der Waals surface area (Å²) in [7, 11) is 0.939. The van der Waals surface area contributed by atoms with Gasteiger partial charge in [0.25, 0.3) is 0 Å². The van der Waals surface area contributed by atoms with Crippen molar-refractivity contribution in [2.45, 2.75) is 58.7 Å². The smallest absolute Gasteiger partial charge is 0.464 e. The molecule has 0 bridgehead atoms. The fourth-order valence-corrected chi connectivity index (χ4v) is 3.08. The van der Waals surface area contributed by atoms with Crippen molar-refractivity contribution >= 4 is 29.5 Å². The summed E-state index contributed by atoms with van der Waals surface area (Å²) in [6, 6.07) is 7.73. The van der Waals surface area contributed by atoms with E-state index in [1.54, 1.807) is 0 Å². The van der Waals surface area contributed by atoms with E-state index in [-0.39, 0.29) is 17.1 Å². The van der Waals surface area contributed by atoms with Crippen LogP contribution in [0.5, 0.6) is 0 Å². The molecule has 0 atom stereocenters. The lowest BCUT2D eigenvalue weighted by Gasteiger charge is -2.32. The Morgan fingerprint density at radius 1 is 1.12 bits per heavy atom. The van der Waals surface area contributed by atoms with Gasteiger partial charge < -0.3 is 14.0 Å². The van der Waals surface area contributed by atoms with Crippen molar-refractivity contribution in [3.05, 3.63) is 35.5 Å². The zero-order valence-corrected chi connectivity index (χ0v) is 16.5. The summed E-state index contributed by atoms with van der Waals surface area (Å²) >= 11 is 0. The molecule has 0 amide bonds. The molecule has 3 rings (SSSR count). The fourth-order valence-electron chi connectivity index (χ4n) is 3.08. The second kappa shape index (κ2) is 6.36. The topological polar surface area (TPSA) is 57.7 Å². The molecule has 0 N–H and O–H groups in total. The number of pyridine rings is 1. The van der Waals surface area contributed by atoms with Crippen molar-refractivity contribution in [1.82, 2.24) is 4.98 Å². The van der Waals surface area contributed by atoms with E-state index in [0.29, 0.717) is 5.69 Å². The van der Waals surface area contributed by atoms with Gasteiger partial charge in [-0.05, 0) is 56.8 Å². The predicted octanol–water partition coefficient (Wildman–Crippen LogP) is 3.44. The number of aromatic nitrogens is 1. The SMILES string of the molecule is COC(=O)c1cc(C(C)C)c2cc(B3OC(C)(C)C(C)(C)O3)ccc2n1. The minimum Gasteiger partial charge on any atom is -0.464 e. The first-order valence-corrected chi connectivity index (χ1v) is 8.94. The molecule has 1 aliphatic rings. The van der Waals surface area contributed by atoms with Gasteiger partial charge in [-0.15, -0.1) is 0 Å². The number of nitrogens with zero attached hydrogens (tertiary/aromatic N) is 1. The van der Waals surface area contributed by atoms with Gasteiger partial charge in [0, 0.05) is 5.39 Å².